The Bertz CT molecular complexity index is 746. The molecule has 0 aliphatic heterocycles. The van der Waals surface area contributed by atoms with Crippen LogP contribution in [0.5, 0.6) is 11.5 Å². The molecule has 0 aromatic heterocycles. The molecular formula is C24H34N2O3. The van der Waals surface area contributed by atoms with E-state index in [1.807, 2.05) is 48.5 Å². The quantitative estimate of drug-likeness (QED) is 0.423. The fourth-order valence-corrected chi connectivity index (χ4v) is 2.76. The molecule has 2 rings (SSSR count). The number of para-hydroxylation sites is 2. The number of ether oxygens (including phenoxy) is 2. The third kappa shape index (κ3) is 8.90. The minimum Gasteiger partial charge on any atom is -0.494 e. The van der Waals surface area contributed by atoms with Gasteiger partial charge in [0, 0.05) is 11.8 Å². The lowest BCUT2D eigenvalue weighted by Crippen LogP contribution is -2.22. The summed E-state index contributed by atoms with van der Waals surface area (Å²) in [5.74, 6) is 1.85. The van der Waals surface area contributed by atoms with E-state index in [4.69, 9.17) is 9.47 Å². The lowest BCUT2D eigenvalue weighted by Gasteiger charge is -2.14. The van der Waals surface area contributed by atoms with E-state index in [9.17, 15) is 4.79 Å². The topological polar surface area (TPSA) is 59.6 Å². The normalized spacial score (nSPS) is 10.6. The van der Waals surface area contributed by atoms with Crippen molar-refractivity contribution in [3.63, 3.8) is 0 Å². The number of carbonyl (C=O) groups is 1. The van der Waals surface area contributed by atoms with E-state index in [1.165, 1.54) is 19.3 Å². The van der Waals surface area contributed by atoms with Crippen LogP contribution in [0.4, 0.5) is 11.4 Å². The minimum atomic E-state index is -0.122. The third-order valence-corrected chi connectivity index (χ3v) is 4.28. The maximum Gasteiger partial charge on any atom is 0.243 e. The van der Waals surface area contributed by atoms with Gasteiger partial charge in [-0.05, 0) is 36.6 Å². The van der Waals surface area contributed by atoms with Crippen LogP contribution in [0.25, 0.3) is 0 Å². The molecule has 5 heteroatoms. The predicted molar refractivity (Wildman–Crippen MR) is 120 cm³/mol. The van der Waals surface area contributed by atoms with E-state index in [-0.39, 0.29) is 12.5 Å². The van der Waals surface area contributed by atoms with Gasteiger partial charge in [0.1, 0.15) is 11.5 Å². The molecular weight excluding hydrogens is 364 g/mol. The molecule has 0 atom stereocenters. The second kappa shape index (κ2) is 12.7. The highest BCUT2D eigenvalue weighted by atomic mass is 16.5. The second-order valence-corrected chi connectivity index (χ2v) is 7.54. The van der Waals surface area contributed by atoms with Crippen LogP contribution in [0.15, 0.2) is 48.5 Å². The lowest BCUT2D eigenvalue weighted by atomic mass is 10.2. The third-order valence-electron chi connectivity index (χ3n) is 4.28. The second-order valence-electron chi connectivity index (χ2n) is 7.54. The standard InChI is InChI=1S/C24H34N2O3/c1-4-5-6-9-15-28-21-12-10-11-20(16-21)26-24(27)17-25-22-13-7-8-14-23(22)29-18-19(2)3/h7-8,10-14,16,19,25H,4-6,9,15,17-18H2,1-3H3,(H,26,27). The summed E-state index contributed by atoms with van der Waals surface area (Å²) in [7, 11) is 0. The van der Waals surface area contributed by atoms with Crippen LogP contribution in [0.3, 0.4) is 0 Å². The van der Waals surface area contributed by atoms with Gasteiger partial charge in [-0.1, -0.05) is 58.2 Å². The number of benzene rings is 2. The fourth-order valence-electron chi connectivity index (χ4n) is 2.76. The Balaban J connectivity index is 1.81. The molecule has 0 heterocycles. The summed E-state index contributed by atoms with van der Waals surface area (Å²) in [6.45, 7) is 7.89. The van der Waals surface area contributed by atoms with Gasteiger partial charge in [-0.2, -0.15) is 0 Å². The number of nitrogens with one attached hydrogen (secondary N) is 2. The van der Waals surface area contributed by atoms with Crippen molar-refractivity contribution in [2.24, 2.45) is 5.92 Å². The zero-order valence-corrected chi connectivity index (χ0v) is 17.9. The average Bonchev–Trinajstić information content (AvgIpc) is 2.71. The maximum absolute atomic E-state index is 12.4. The van der Waals surface area contributed by atoms with Crippen LogP contribution in [-0.2, 0) is 4.79 Å². The number of rotatable bonds is 13. The molecule has 1 amide bonds. The predicted octanol–water partition coefficient (Wildman–Crippen LogP) is 5.73. The van der Waals surface area contributed by atoms with E-state index in [0.717, 1.165) is 29.3 Å². The van der Waals surface area contributed by atoms with Crippen molar-refractivity contribution in [3.8, 4) is 11.5 Å². The van der Waals surface area contributed by atoms with E-state index < -0.39 is 0 Å². The molecule has 2 aromatic carbocycles. The van der Waals surface area contributed by atoms with Gasteiger partial charge in [-0.25, -0.2) is 0 Å². The Kier molecular flexibility index (Phi) is 9.90. The Hall–Kier alpha value is -2.69. The Morgan fingerprint density at radius 2 is 1.83 bits per heavy atom. The van der Waals surface area contributed by atoms with Crippen LogP contribution < -0.4 is 20.1 Å². The highest BCUT2D eigenvalue weighted by Gasteiger charge is 2.07. The van der Waals surface area contributed by atoms with E-state index in [1.54, 1.807) is 0 Å². The van der Waals surface area contributed by atoms with E-state index in [0.29, 0.717) is 19.1 Å². The van der Waals surface area contributed by atoms with Crippen molar-refractivity contribution in [2.45, 2.75) is 46.5 Å². The molecule has 158 valence electrons. The molecule has 0 unspecified atom stereocenters. The van der Waals surface area contributed by atoms with Gasteiger partial charge < -0.3 is 20.1 Å². The SMILES string of the molecule is CCCCCCOc1cccc(NC(=O)CNc2ccccc2OCC(C)C)c1. The molecule has 2 aromatic rings. The first-order valence-electron chi connectivity index (χ1n) is 10.6. The van der Waals surface area contributed by atoms with Crippen molar-refractivity contribution in [1.82, 2.24) is 0 Å². The molecule has 0 spiro atoms. The molecule has 0 fully saturated rings. The molecule has 0 saturated heterocycles. The molecule has 0 bridgehead atoms. The monoisotopic (exact) mass is 398 g/mol. The van der Waals surface area contributed by atoms with Gasteiger partial charge in [0.2, 0.25) is 5.91 Å². The van der Waals surface area contributed by atoms with Gasteiger partial charge in [0.15, 0.2) is 0 Å². The smallest absolute Gasteiger partial charge is 0.243 e. The summed E-state index contributed by atoms with van der Waals surface area (Å²) in [6.07, 6.45) is 4.68. The number of carbonyl (C=O) groups excluding carboxylic acids is 1. The van der Waals surface area contributed by atoms with Gasteiger partial charge >= 0.3 is 0 Å². The van der Waals surface area contributed by atoms with Gasteiger partial charge in [-0.3, -0.25) is 4.79 Å². The first-order valence-corrected chi connectivity index (χ1v) is 10.6. The lowest BCUT2D eigenvalue weighted by molar-refractivity contribution is -0.114. The molecule has 29 heavy (non-hydrogen) atoms. The summed E-state index contributed by atoms with van der Waals surface area (Å²) in [6, 6.07) is 15.2. The molecule has 0 saturated carbocycles. The first kappa shape index (κ1) is 22.6. The molecule has 0 aliphatic rings. The van der Waals surface area contributed by atoms with Crippen molar-refractivity contribution >= 4 is 17.3 Å². The van der Waals surface area contributed by atoms with Crippen LogP contribution in [-0.4, -0.2) is 25.7 Å². The average molecular weight is 399 g/mol. The van der Waals surface area contributed by atoms with Gasteiger partial charge in [0.25, 0.3) is 0 Å². The van der Waals surface area contributed by atoms with E-state index >= 15 is 0 Å². The number of anilines is 2. The summed E-state index contributed by atoms with van der Waals surface area (Å²) in [5, 5.41) is 6.07. The first-order chi connectivity index (χ1) is 14.1. The largest absolute Gasteiger partial charge is 0.494 e. The summed E-state index contributed by atoms with van der Waals surface area (Å²) in [4.78, 5) is 12.4. The summed E-state index contributed by atoms with van der Waals surface area (Å²) >= 11 is 0. The van der Waals surface area contributed by atoms with Crippen molar-refractivity contribution in [3.05, 3.63) is 48.5 Å². The number of hydrogen-bond donors (Lipinski definition) is 2. The number of hydrogen-bond acceptors (Lipinski definition) is 4. The van der Waals surface area contributed by atoms with Gasteiger partial charge in [0.05, 0.1) is 25.4 Å². The zero-order valence-electron chi connectivity index (χ0n) is 17.9. The maximum atomic E-state index is 12.4. The molecule has 0 radical (unpaired) electrons. The zero-order chi connectivity index (χ0) is 20.9. The number of amides is 1. The van der Waals surface area contributed by atoms with E-state index in [2.05, 4.69) is 31.4 Å². The van der Waals surface area contributed by atoms with Crippen LogP contribution in [0.1, 0.15) is 46.5 Å². The van der Waals surface area contributed by atoms with Crippen LogP contribution in [0, 0.1) is 5.92 Å². The van der Waals surface area contributed by atoms with Crippen molar-refractivity contribution < 1.29 is 14.3 Å². The molecule has 0 aliphatic carbocycles. The fraction of sp³-hybridized carbons (Fsp3) is 0.458. The highest BCUT2D eigenvalue weighted by molar-refractivity contribution is 5.94. The minimum absolute atomic E-state index is 0.122. The highest BCUT2D eigenvalue weighted by Crippen LogP contribution is 2.24. The summed E-state index contributed by atoms with van der Waals surface area (Å²) in [5.41, 5.74) is 1.54. The Morgan fingerprint density at radius 1 is 1.00 bits per heavy atom. The van der Waals surface area contributed by atoms with Crippen LogP contribution in [0.2, 0.25) is 0 Å². The molecule has 2 N–H and O–H groups in total. The van der Waals surface area contributed by atoms with Crippen molar-refractivity contribution in [1.29, 1.82) is 0 Å². The Morgan fingerprint density at radius 3 is 2.62 bits per heavy atom. The summed E-state index contributed by atoms with van der Waals surface area (Å²) < 4.78 is 11.6. The van der Waals surface area contributed by atoms with Crippen molar-refractivity contribution in [2.75, 3.05) is 30.4 Å². The number of unbranched alkanes of at least 4 members (excludes halogenated alkanes) is 3. The van der Waals surface area contributed by atoms with Gasteiger partial charge in [-0.15, -0.1) is 0 Å². The Labute approximate surface area is 174 Å². The molecule has 5 nitrogen and oxygen atoms in total. The van der Waals surface area contributed by atoms with Crippen LogP contribution >= 0.6 is 0 Å².